The monoisotopic (exact) mass is 247 g/mol. The van der Waals surface area contributed by atoms with Crippen LogP contribution in [0.4, 0.5) is 0 Å². The van der Waals surface area contributed by atoms with Gasteiger partial charge in [-0.15, -0.1) is 5.54 Å². The van der Waals surface area contributed by atoms with Crippen molar-refractivity contribution in [2.45, 2.75) is 19.6 Å². The molecule has 1 aromatic rings. The third-order valence-corrected chi connectivity index (χ3v) is 2.72. The van der Waals surface area contributed by atoms with E-state index >= 15 is 0 Å². The zero-order chi connectivity index (χ0) is 13.4. The Bertz CT molecular complexity index is 636. The standard InChI is InChI=1S/C16H13NSi/c1-18(2,3)13-7-5-4-6-8-15-9-11-16(14-17)12-10-15/h9-12H,1-3H3. The van der Waals surface area contributed by atoms with Gasteiger partial charge in [0, 0.05) is 5.56 Å². The normalized spacial score (nSPS) is 8.56. The molecule has 0 saturated carbocycles. The van der Waals surface area contributed by atoms with Gasteiger partial charge in [0.1, 0.15) is 8.07 Å². The summed E-state index contributed by atoms with van der Waals surface area (Å²) in [5, 5.41) is 8.65. The lowest BCUT2D eigenvalue weighted by Gasteiger charge is -2.01. The Labute approximate surface area is 110 Å². The third-order valence-electron chi connectivity index (χ3n) is 1.85. The lowest BCUT2D eigenvalue weighted by atomic mass is 10.1. The molecule has 0 spiro atoms. The Balaban J connectivity index is 2.69. The predicted molar refractivity (Wildman–Crippen MR) is 76.9 cm³/mol. The van der Waals surface area contributed by atoms with E-state index in [-0.39, 0.29) is 0 Å². The topological polar surface area (TPSA) is 23.8 Å². The molecule has 0 atom stereocenters. The molecule has 0 saturated heterocycles. The van der Waals surface area contributed by atoms with E-state index < -0.39 is 8.07 Å². The van der Waals surface area contributed by atoms with Crippen LogP contribution in [-0.2, 0) is 0 Å². The first-order valence-electron chi connectivity index (χ1n) is 5.54. The molecule has 0 aliphatic rings. The molecule has 1 aromatic carbocycles. The lowest BCUT2D eigenvalue weighted by Crippen LogP contribution is -2.16. The van der Waals surface area contributed by atoms with Gasteiger partial charge >= 0.3 is 0 Å². The second kappa shape index (κ2) is 6.37. The second-order valence-electron chi connectivity index (χ2n) is 4.69. The quantitative estimate of drug-likeness (QED) is 0.511. The first-order valence-corrected chi connectivity index (χ1v) is 9.04. The molecular formula is C16H13NSi. The van der Waals surface area contributed by atoms with E-state index in [9.17, 15) is 0 Å². The molecule has 18 heavy (non-hydrogen) atoms. The van der Waals surface area contributed by atoms with Crippen molar-refractivity contribution in [3.8, 4) is 41.2 Å². The van der Waals surface area contributed by atoms with Crippen LogP contribution in [0.2, 0.25) is 19.6 Å². The average Bonchev–Trinajstić information content (AvgIpc) is 2.33. The average molecular weight is 247 g/mol. The molecule has 0 radical (unpaired) electrons. The summed E-state index contributed by atoms with van der Waals surface area (Å²) < 4.78 is 0. The van der Waals surface area contributed by atoms with Gasteiger partial charge in [0.25, 0.3) is 0 Å². The van der Waals surface area contributed by atoms with Crippen molar-refractivity contribution in [1.29, 1.82) is 5.26 Å². The molecule has 0 N–H and O–H groups in total. The summed E-state index contributed by atoms with van der Waals surface area (Å²) in [5.41, 5.74) is 4.63. The van der Waals surface area contributed by atoms with E-state index in [0.717, 1.165) is 5.56 Å². The molecule has 0 aromatic heterocycles. The first-order chi connectivity index (χ1) is 8.51. The van der Waals surface area contributed by atoms with E-state index in [1.165, 1.54) is 0 Å². The summed E-state index contributed by atoms with van der Waals surface area (Å²) in [6, 6.07) is 9.15. The molecular weight excluding hydrogens is 234 g/mol. The van der Waals surface area contributed by atoms with Crippen molar-refractivity contribution >= 4 is 8.07 Å². The predicted octanol–water partition coefficient (Wildman–Crippen LogP) is 2.79. The van der Waals surface area contributed by atoms with Crippen molar-refractivity contribution in [2.24, 2.45) is 0 Å². The lowest BCUT2D eigenvalue weighted by molar-refractivity contribution is 1.48. The van der Waals surface area contributed by atoms with Crippen LogP contribution in [-0.4, -0.2) is 8.07 Å². The Morgan fingerprint density at radius 2 is 1.39 bits per heavy atom. The maximum absolute atomic E-state index is 8.65. The fourth-order valence-corrected chi connectivity index (χ4v) is 1.45. The van der Waals surface area contributed by atoms with Crippen LogP contribution in [0.5, 0.6) is 0 Å². The molecule has 1 rings (SSSR count). The van der Waals surface area contributed by atoms with E-state index in [1.807, 2.05) is 0 Å². The summed E-state index contributed by atoms with van der Waals surface area (Å²) in [7, 11) is -1.33. The molecule has 0 heterocycles. The van der Waals surface area contributed by atoms with Gasteiger partial charge in [-0.3, -0.25) is 0 Å². The Kier molecular flexibility index (Phi) is 4.84. The van der Waals surface area contributed by atoms with Crippen molar-refractivity contribution < 1.29 is 0 Å². The number of benzene rings is 1. The van der Waals surface area contributed by atoms with E-state index in [0.29, 0.717) is 5.56 Å². The highest BCUT2D eigenvalue weighted by Crippen LogP contribution is 2.00. The SMILES string of the molecule is C[Si](C)(C)C#CC#CC#Cc1ccc(C#N)cc1. The van der Waals surface area contributed by atoms with E-state index in [2.05, 4.69) is 60.9 Å². The van der Waals surface area contributed by atoms with Gasteiger partial charge in [0.2, 0.25) is 0 Å². The van der Waals surface area contributed by atoms with Gasteiger partial charge in [-0.2, -0.15) is 5.26 Å². The summed E-state index contributed by atoms with van der Waals surface area (Å²) in [6.45, 7) is 6.51. The van der Waals surface area contributed by atoms with Gasteiger partial charge in [-0.05, 0) is 47.9 Å². The molecule has 1 nitrogen and oxygen atoms in total. The fraction of sp³-hybridized carbons (Fsp3) is 0.188. The minimum absolute atomic E-state index is 0.632. The van der Waals surface area contributed by atoms with Crippen molar-refractivity contribution in [3.63, 3.8) is 0 Å². The molecule has 0 amide bonds. The Morgan fingerprint density at radius 3 is 1.94 bits per heavy atom. The van der Waals surface area contributed by atoms with Gasteiger partial charge in [-0.1, -0.05) is 25.6 Å². The maximum Gasteiger partial charge on any atom is 0.130 e. The van der Waals surface area contributed by atoms with Crippen LogP contribution < -0.4 is 0 Å². The van der Waals surface area contributed by atoms with Crippen molar-refractivity contribution in [1.82, 2.24) is 0 Å². The fourth-order valence-electron chi connectivity index (χ4n) is 1.01. The molecule has 0 bridgehead atoms. The van der Waals surface area contributed by atoms with E-state index in [4.69, 9.17) is 5.26 Å². The Hall–Kier alpha value is -2.39. The number of hydrogen-bond acceptors (Lipinski definition) is 1. The zero-order valence-electron chi connectivity index (χ0n) is 10.8. The second-order valence-corrected chi connectivity index (χ2v) is 9.44. The molecule has 0 unspecified atom stereocenters. The van der Waals surface area contributed by atoms with Crippen LogP contribution in [0.15, 0.2) is 24.3 Å². The van der Waals surface area contributed by atoms with Gasteiger partial charge < -0.3 is 0 Å². The highest BCUT2D eigenvalue weighted by Gasteiger charge is 2.06. The molecule has 86 valence electrons. The number of hydrogen-bond donors (Lipinski definition) is 0. The van der Waals surface area contributed by atoms with Gasteiger partial charge in [0.15, 0.2) is 0 Å². The maximum atomic E-state index is 8.65. The van der Waals surface area contributed by atoms with Crippen LogP contribution >= 0.6 is 0 Å². The summed E-state index contributed by atoms with van der Waals surface area (Å²) in [5.74, 6) is 13.9. The number of nitrogens with zero attached hydrogens (tertiary/aromatic N) is 1. The Morgan fingerprint density at radius 1 is 0.833 bits per heavy atom. The zero-order valence-corrected chi connectivity index (χ0v) is 11.8. The molecule has 0 aliphatic heterocycles. The van der Waals surface area contributed by atoms with E-state index in [1.54, 1.807) is 24.3 Å². The third kappa shape index (κ3) is 5.63. The molecule has 0 fully saturated rings. The number of nitriles is 1. The van der Waals surface area contributed by atoms with Crippen LogP contribution in [0.25, 0.3) is 0 Å². The van der Waals surface area contributed by atoms with Crippen LogP contribution in [0.3, 0.4) is 0 Å². The van der Waals surface area contributed by atoms with Crippen LogP contribution in [0, 0.1) is 46.5 Å². The van der Waals surface area contributed by atoms with Crippen molar-refractivity contribution in [2.75, 3.05) is 0 Å². The largest absolute Gasteiger partial charge is 0.192 e. The first kappa shape index (κ1) is 13.7. The highest BCUT2D eigenvalue weighted by molar-refractivity contribution is 6.83. The summed E-state index contributed by atoms with van der Waals surface area (Å²) in [4.78, 5) is 0. The number of rotatable bonds is 0. The molecule has 0 aliphatic carbocycles. The minimum Gasteiger partial charge on any atom is -0.192 e. The van der Waals surface area contributed by atoms with Crippen LogP contribution in [0.1, 0.15) is 11.1 Å². The smallest absolute Gasteiger partial charge is 0.130 e. The molecule has 2 heteroatoms. The van der Waals surface area contributed by atoms with Gasteiger partial charge in [-0.25, -0.2) is 0 Å². The highest BCUT2D eigenvalue weighted by atomic mass is 28.3. The summed E-state index contributed by atoms with van der Waals surface area (Å²) >= 11 is 0. The summed E-state index contributed by atoms with van der Waals surface area (Å²) in [6.07, 6.45) is 0. The van der Waals surface area contributed by atoms with Crippen molar-refractivity contribution in [3.05, 3.63) is 35.4 Å². The minimum atomic E-state index is -1.33. The van der Waals surface area contributed by atoms with Gasteiger partial charge in [0.05, 0.1) is 11.6 Å².